The summed E-state index contributed by atoms with van der Waals surface area (Å²) in [6, 6.07) is 7.88. The van der Waals surface area contributed by atoms with Crippen LogP contribution in [0.25, 0.3) is 0 Å². The van der Waals surface area contributed by atoms with Crippen molar-refractivity contribution in [3.63, 3.8) is 0 Å². The van der Waals surface area contributed by atoms with E-state index in [1.165, 1.54) is 0 Å². The predicted molar refractivity (Wildman–Crippen MR) is 94.9 cm³/mol. The third-order valence-corrected chi connectivity index (χ3v) is 5.33. The lowest BCUT2D eigenvalue weighted by atomic mass is 9.76. The van der Waals surface area contributed by atoms with Crippen molar-refractivity contribution in [2.24, 2.45) is 11.3 Å². The zero-order valence-electron chi connectivity index (χ0n) is 15.0. The molecule has 4 heteroatoms. The first-order valence-corrected chi connectivity index (χ1v) is 8.64. The highest BCUT2D eigenvalue weighted by atomic mass is 16.5. The first-order chi connectivity index (χ1) is 11.5. The van der Waals surface area contributed by atoms with Gasteiger partial charge < -0.3 is 19.7 Å². The molecule has 24 heavy (non-hydrogen) atoms. The molecule has 0 aromatic heterocycles. The van der Waals surface area contributed by atoms with Crippen LogP contribution < -0.4 is 4.74 Å². The number of hydrogen-bond donors (Lipinski definition) is 2. The zero-order valence-corrected chi connectivity index (χ0v) is 15.0. The topological polar surface area (TPSA) is 58.9 Å². The third-order valence-electron chi connectivity index (χ3n) is 5.33. The second-order valence-corrected chi connectivity index (χ2v) is 7.09. The summed E-state index contributed by atoms with van der Waals surface area (Å²) in [5, 5.41) is 19.1. The SMILES string of the molecule is COc1ccc(CO[C@@H]2CC[C@@](C)(C/C=C(/C)CO)[C@@H]2CO)cc1. The van der Waals surface area contributed by atoms with Crippen LogP contribution in [-0.2, 0) is 11.3 Å². The van der Waals surface area contributed by atoms with Crippen LogP contribution in [0.3, 0.4) is 0 Å². The quantitative estimate of drug-likeness (QED) is 0.716. The van der Waals surface area contributed by atoms with Crippen LogP contribution in [-0.4, -0.2) is 36.6 Å². The molecule has 1 saturated carbocycles. The van der Waals surface area contributed by atoms with Gasteiger partial charge in [-0.3, -0.25) is 0 Å². The van der Waals surface area contributed by atoms with E-state index in [0.717, 1.165) is 36.1 Å². The number of rotatable bonds is 8. The molecule has 0 heterocycles. The molecule has 1 fully saturated rings. The molecule has 0 radical (unpaired) electrons. The molecule has 1 aliphatic carbocycles. The number of hydrogen-bond acceptors (Lipinski definition) is 4. The van der Waals surface area contributed by atoms with E-state index in [4.69, 9.17) is 14.6 Å². The molecule has 4 nitrogen and oxygen atoms in total. The number of methoxy groups -OCH3 is 1. The normalized spacial score (nSPS) is 27.5. The van der Waals surface area contributed by atoms with E-state index in [1.807, 2.05) is 31.2 Å². The van der Waals surface area contributed by atoms with Crippen LogP contribution in [0, 0.1) is 11.3 Å². The number of aliphatic hydroxyl groups is 2. The van der Waals surface area contributed by atoms with Crippen molar-refractivity contribution in [2.45, 2.75) is 45.8 Å². The molecule has 2 rings (SSSR count). The minimum absolute atomic E-state index is 0.0236. The van der Waals surface area contributed by atoms with Gasteiger partial charge in [0.2, 0.25) is 0 Å². The van der Waals surface area contributed by atoms with Crippen LogP contribution in [0.15, 0.2) is 35.9 Å². The monoisotopic (exact) mass is 334 g/mol. The van der Waals surface area contributed by atoms with Crippen LogP contribution >= 0.6 is 0 Å². The van der Waals surface area contributed by atoms with Crippen molar-refractivity contribution < 1.29 is 19.7 Å². The zero-order chi connectivity index (χ0) is 17.6. The molecule has 0 unspecified atom stereocenters. The molecule has 0 amide bonds. The summed E-state index contributed by atoms with van der Waals surface area (Å²) < 4.78 is 11.3. The van der Waals surface area contributed by atoms with E-state index in [1.54, 1.807) is 7.11 Å². The molecule has 0 aliphatic heterocycles. The van der Waals surface area contributed by atoms with Gasteiger partial charge in [-0.1, -0.05) is 30.7 Å². The van der Waals surface area contributed by atoms with Gasteiger partial charge >= 0.3 is 0 Å². The summed E-state index contributed by atoms with van der Waals surface area (Å²) in [6.07, 6.45) is 5.02. The van der Waals surface area contributed by atoms with Gasteiger partial charge in [0.15, 0.2) is 0 Å². The number of aliphatic hydroxyl groups excluding tert-OH is 2. The fraction of sp³-hybridized carbons (Fsp3) is 0.600. The minimum Gasteiger partial charge on any atom is -0.497 e. The molecule has 134 valence electrons. The Morgan fingerprint density at radius 1 is 1.29 bits per heavy atom. The lowest BCUT2D eigenvalue weighted by Gasteiger charge is -2.32. The summed E-state index contributed by atoms with van der Waals surface area (Å²) in [7, 11) is 1.66. The lowest BCUT2D eigenvalue weighted by Crippen LogP contribution is -2.32. The predicted octanol–water partition coefficient (Wildman–Crippen LogP) is 3.32. The molecule has 1 aromatic rings. The lowest BCUT2D eigenvalue weighted by molar-refractivity contribution is -0.0246. The number of ether oxygens (including phenoxy) is 2. The molecule has 0 bridgehead atoms. The van der Waals surface area contributed by atoms with E-state index in [0.29, 0.717) is 6.61 Å². The van der Waals surface area contributed by atoms with Crippen molar-refractivity contribution in [2.75, 3.05) is 20.3 Å². The molecule has 2 N–H and O–H groups in total. The van der Waals surface area contributed by atoms with Crippen LogP contribution in [0.5, 0.6) is 5.75 Å². The Morgan fingerprint density at radius 3 is 2.58 bits per heavy atom. The Kier molecular flexibility index (Phi) is 6.84. The maximum Gasteiger partial charge on any atom is 0.118 e. The minimum atomic E-state index is 0.0236. The summed E-state index contributed by atoms with van der Waals surface area (Å²) in [5.41, 5.74) is 2.11. The Hall–Kier alpha value is -1.36. The second kappa shape index (κ2) is 8.65. The van der Waals surface area contributed by atoms with E-state index in [2.05, 4.69) is 13.0 Å². The third kappa shape index (κ3) is 4.59. The first-order valence-electron chi connectivity index (χ1n) is 8.64. The van der Waals surface area contributed by atoms with Crippen molar-refractivity contribution in [3.8, 4) is 5.75 Å². The van der Waals surface area contributed by atoms with Crippen LogP contribution in [0.2, 0.25) is 0 Å². The largest absolute Gasteiger partial charge is 0.497 e. The molecular formula is C20H30O4. The van der Waals surface area contributed by atoms with Gasteiger partial charge in [-0.2, -0.15) is 0 Å². The van der Waals surface area contributed by atoms with E-state index >= 15 is 0 Å². The van der Waals surface area contributed by atoms with Gasteiger partial charge in [0.1, 0.15) is 5.75 Å². The van der Waals surface area contributed by atoms with E-state index in [-0.39, 0.29) is 30.7 Å². The number of benzene rings is 1. The van der Waals surface area contributed by atoms with E-state index < -0.39 is 0 Å². The van der Waals surface area contributed by atoms with Crippen molar-refractivity contribution >= 4 is 0 Å². The standard InChI is InChI=1S/C20H30O4/c1-15(12-21)8-10-20(2)11-9-19(18(20)13-22)24-14-16-4-6-17(23-3)7-5-16/h4-8,18-19,21-22H,9-14H2,1-3H3/b15-8-/t18-,19-,20-/m1/s1. The summed E-state index contributed by atoms with van der Waals surface area (Å²) >= 11 is 0. The van der Waals surface area contributed by atoms with Crippen LogP contribution in [0.1, 0.15) is 38.7 Å². The number of allylic oxidation sites excluding steroid dienone is 1. The maximum atomic E-state index is 9.89. The second-order valence-electron chi connectivity index (χ2n) is 7.09. The molecule has 0 spiro atoms. The molecule has 1 aliphatic rings. The van der Waals surface area contributed by atoms with Gasteiger partial charge in [-0.15, -0.1) is 0 Å². The van der Waals surface area contributed by atoms with Gasteiger partial charge in [0.05, 0.1) is 26.4 Å². The Balaban J connectivity index is 1.95. The molecule has 1 aromatic carbocycles. The summed E-state index contributed by atoms with van der Waals surface area (Å²) in [5.74, 6) is 0.963. The average Bonchev–Trinajstić information content (AvgIpc) is 2.94. The van der Waals surface area contributed by atoms with Crippen molar-refractivity contribution in [3.05, 3.63) is 41.5 Å². The Bertz CT molecular complexity index is 537. The van der Waals surface area contributed by atoms with Crippen LogP contribution in [0.4, 0.5) is 0 Å². The molecular weight excluding hydrogens is 304 g/mol. The summed E-state index contributed by atoms with van der Waals surface area (Å²) in [4.78, 5) is 0. The highest BCUT2D eigenvalue weighted by molar-refractivity contribution is 5.26. The van der Waals surface area contributed by atoms with Gasteiger partial charge in [0, 0.05) is 12.5 Å². The van der Waals surface area contributed by atoms with Crippen molar-refractivity contribution in [1.29, 1.82) is 0 Å². The summed E-state index contributed by atoms with van der Waals surface area (Å²) in [6.45, 7) is 4.93. The molecule has 0 saturated heterocycles. The first kappa shape index (κ1) is 19.0. The fourth-order valence-corrected chi connectivity index (χ4v) is 3.50. The maximum absolute atomic E-state index is 9.89. The molecule has 3 atom stereocenters. The van der Waals surface area contributed by atoms with Crippen molar-refractivity contribution in [1.82, 2.24) is 0 Å². The Morgan fingerprint density at radius 2 is 2.00 bits per heavy atom. The smallest absolute Gasteiger partial charge is 0.118 e. The highest BCUT2D eigenvalue weighted by Crippen LogP contribution is 2.47. The highest BCUT2D eigenvalue weighted by Gasteiger charge is 2.44. The fourth-order valence-electron chi connectivity index (χ4n) is 3.50. The Labute approximate surface area is 145 Å². The average molecular weight is 334 g/mol. The van der Waals surface area contributed by atoms with Gasteiger partial charge in [-0.05, 0) is 49.3 Å². The van der Waals surface area contributed by atoms with E-state index in [9.17, 15) is 5.11 Å². The van der Waals surface area contributed by atoms with Gasteiger partial charge in [0.25, 0.3) is 0 Å². The van der Waals surface area contributed by atoms with Gasteiger partial charge in [-0.25, -0.2) is 0 Å².